The number of likely N-dealkylation sites (tertiary alicyclic amines) is 1. The lowest BCUT2D eigenvalue weighted by Crippen LogP contribution is -2.49. The van der Waals surface area contributed by atoms with Crippen LogP contribution in [-0.2, 0) is 28.0 Å². The number of aliphatic hydroxyl groups excluding tert-OH is 1. The first-order chi connectivity index (χ1) is 18.3. The van der Waals surface area contributed by atoms with Crippen LogP contribution in [0.1, 0.15) is 29.7 Å². The van der Waals surface area contributed by atoms with Crippen molar-refractivity contribution in [3.8, 4) is 0 Å². The van der Waals surface area contributed by atoms with Crippen LogP contribution >= 0.6 is 0 Å². The second-order valence-electron chi connectivity index (χ2n) is 10.5. The highest BCUT2D eigenvalue weighted by atomic mass is 32.2. The number of piperidine rings is 1. The van der Waals surface area contributed by atoms with Crippen LogP contribution < -0.4 is 0 Å². The maximum Gasteiger partial charge on any atom is 0.303 e. The zero-order valence-electron chi connectivity index (χ0n) is 21.1. The van der Waals surface area contributed by atoms with Gasteiger partial charge in [-0.2, -0.15) is 17.8 Å². The van der Waals surface area contributed by atoms with Gasteiger partial charge >= 0.3 is 10.2 Å². The molecule has 2 saturated heterocycles. The monoisotopic (exact) mass is 541 g/mol. The van der Waals surface area contributed by atoms with Crippen LogP contribution in [0.25, 0.3) is 6.08 Å². The number of fused-ring (bicyclic) bond motifs is 2. The van der Waals surface area contributed by atoms with Crippen LogP contribution in [0.5, 0.6) is 0 Å². The minimum absolute atomic E-state index is 0.139. The van der Waals surface area contributed by atoms with Gasteiger partial charge < -0.3 is 14.7 Å². The Labute approximate surface area is 222 Å². The second-order valence-corrected chi connectivity index (χ2v) is 12.3. The fraction of sp³-hybridized carbons (Fsp3) is 0.444. The highest BCUT2D eigenvalue weighted by Crippen LogP contribution is 2.35. The molecule has 9 nitrogen and oxygen atoms in total. The quantitative estimate of drug-likeness (QED) is 0.559. The van der Waals surface area contributed by atoms with Crippen molar-refractivity contribution in [2.24, 2.45) is 5.92 Å². The Morgan fingerprint density at radius 1 is 1.13 bits per heavy atom. The third kappa shape index (κ3) is 5.15. The molecule has 0 radical (unpaired) electrons. The van der Waals surface area contributed by atoms with Gasteiger partial charge in [0.15, 0.2) is 0 Å². The predicted molar refractivity (Wildman–Crippen MR) is 140 cm³/mol. The minimum atomic E-state index is -3.78. The number of nitrogens with zero attached hydrogens (tertiary/aromatic N) is 4. The summed E-state index contributed by atoms with van der Waals surface area (Å²) in [4.78, 5) is 2.02. The SMILES string of the molecule is O=S(=O)(N1C=C(N2CC[C@H](O)C2)C=C(COCc2ccc(F)cc2)C1)N1CCC2=Cc3[nH]ncc3C[C@H]2C1. The summed E-state index contributed by atoms with van der Waals surface area (Å²) in [6.07, 6.45) is 9.28. The smallest absolute Gasteiger partial charge is 0.303 e. The van der Waals surface area contributed by atoms with Crippen molar-refractivity contribution in [3.63, 3.8) is 0 Å². The van der Waals surface area contributed by atoms with Crippen molar-refractivity contribution < 1.29 is 22.7 Å². The highest BCUT2D eigenvalue weighted by Gasteiger charge is 2.38. The number of aliphatic hydroxyl groups is 1. The number of hydrogen-bond acceptors (Lipinski definition) is 6. The van der Waals surface area contributed by atoms with E-state index in [-0.39, 0.29) is 24.9 Å². The third-order valence-corrected chi connectivity index (χ3v) is 9.56. The number of benzene rings is 1. The number of H-pyrrole nitrogens is 1. The van der Waals surface area contributed by atoms with Gasteiger partial charge in [0.1, 0.15) is 5.82 Å². The zero-order valence-corrected chi connectivity index (χ0v) is 21.9. The molecule has 202 valence electrons. The molecule has 1 aromatic heterocycles. The van der Waals surface area contributed by atoms with Crippen molar-refractivity contribution in [3.05, 3.63) is 82.2 Å². The van der Waals surface area contributed by atoms with Gasteiger partial charge in [-0.05, 0) is 66.2 Å². The van der Waals surface area contributed by atoms with Gasteiger partial charge in [-0.25, -0.2) is 4.39 Å². The molecule has 6 rings (SSSR count). The molecule has 0 saturated carbocycles. The van der Waals surface area contributed by atoms with Crippen molar-refractivity contribution in [1.29, 1.82) is 0 Å². The molecule has 0 unspecified atom stereocenters. The Balaban J connectivity index is 1.18. The summed E-state index contributed by atoms with van der Waals surface area (Å²) in [7, 11) is -3.78. The Morgan fingerprint density at radius 3 is 2.76 bits per heavy atom. The fourth-order valence-corrected chi connectivity index (χ4v) is 7.22. The van der Waals surface area contributed by atoms with E-state index in [4.69, 9.17) is 4.74 Å². The van der Waals surface area contributed by atoms with E-state index >= 15 is 0 Å². The zero-order chi connectivity index (χ0) is 26.3. The summed E-state index contributed by atoms with van der Waals surface area (Å²) in [6, 6.07) is 6.14. The van der Waals surface area contributed by atoms with Gasteiger partial charge in [0, 0.05) is 32.4 Å². The van der Waals surface area contributed by atoms with Crippen molar-refractivity contribution in [2.75, 3.05) is 39.3 Å². The van der Waals surface area contributed by atoms with E-state index in [1.54, 1.807) is 22.6 Å². The summed E-state index contributed by atoms with van der Waals surface area (Å²) in [6.45, 7) is 2.72. The van der Waals surface area contributed by atoms with Crippen molar-refractivity contribution in [1.82, 2.24) is 23.7 Å². The second kappa shape index (κ2) is 10.3. The Hall–Kier alpha value is -2.99. The van der Waals surface area contributed by atoms with Crippen LogP contribution in [0.4, 0.5) is 4.39 Å². The van der Waals surface area contributed by atoms with E-state index < -0.39 is 16.3 Å². The molecule has 1 aromatic carbocycles. The van der Waals surface area contributed by atoms with Gasteiger partial charge in [0.2, 0.25) is 0 Å². The average Bonchev–Trinajstić information content (AvgIpc) is 3.56. The first kappa shape index (κ1) is 25.3. The summed E-state index contributed by atoms with van der Waals surface area (Å²) < 4.78 is 49.9. The average molecular weight is 542 g/mol. The molecule has 4 heterocycles. The first-order valence-electron chi connectivity index (χ1n) is 13.0. The number of allylic oxidation sites excluding steroid dienone is 1. The molecule has 1 aliphatic carbocycles. The maximum atomic E-state index is 13.9. The molecular weight excluding hydrogens is 509 g/mol. The van der Waals surface area contributed by atoms with Crippen LogP contribution in [0.3, 0.4) is 0 Å². The highest BCUT2D eigenvalue weighted by molar-refractivity contribution is 7.86. The van der Waals surface area contributed by atoms with Crippen LogP contribution in [0.2, 0.25) is 0 Å². The molecule has 38 heavy (non-hydrogen) atoms. The number of halogens is 1. The fourth-order valence-electron chi connectivity index (χ4n) is 5.67. The van der Waals surface area contributed by atoms with Crippen LogP contribution in [-0.4, -0.2) is 82.7 Å². The largest absolute Gasteiger partial charge is 0.391 e. The van der Waals surface area contributed by atoms with E-state index in [0.29, 0.717) is 45.6 Å². The molecule has 2 aromatic rings. The number of ether oxygens (including phenoxy) is 1. The topological polar surface area (TPSA) is 102 Å². The molecule has 0 spiro atoms. The standard InChI is InChI=1S/C27H32FN5O4S/c28-24-3-1-19(2-4-24)17-37-18-20-9-25(31-7-6-26(34)16-31)15-33(13-20)38(35,36)32-8-5-21-11-27-22(12-29-30-27)10-23(21)14-32/h1-4,9,11-12,15,23,26,34H,5-8,10,13-14,16-18H2,(H,29,30)/t23-,26-/m0/s1. The van der Waals surface area contributed by atoms with E-state index in [1.807, 2.05) is 17.2 Å². The van der Waals surface area contributed by atoms with E-state index in [0.717, 1.165) is 34.5 Å². The summed E-state index contributed by atoms with van der Waals surface area (Å²) in [5, 5.41) is 17.2. The molecule has 2 atom stereocenters. The van der Waals surface area contributed by atoms with Gasteiger partial charge in [0.25, 0.3) is 0 Å². The molecule has 2 fully saturated rings. The van der Waals surface area contributed by atoms with Gasteiger partial charge in [0.05, 0.1) is 43.5 Å². The number of aromatic nitrogens is 2. The predicted octanol–water partition coefficient (Wildman–Crippen LogP) is 2.42. The number of nitrogens with one attached hydrogen (secondary N) is 1. The molecule has 4 aliphatic rings. The molecule has 11 heteroatoms. The number of aromatic amines is 1. The molecular formula is C27H32FN5O4S. The number of β-amino-alcohol motifs (C(OH)–C–C–N with tert-alkyl or cyclic N) is 1. The molecule has 2 N–H and O–H groups in total. The number of hydrogen-bond donors (Lipinski definition) is 2. The summed E-state index contributed by atoms with van der Waals surface area (Å²) in [5.74, 6) is -0.162. The summed E-state index contributed by atoms with van der Waals surface area (Å²) >= 11 is 0. The van der Waals surface area contributed by atoms with Gasteiger partial charge in [-0.3, -0.25) is 9.40 Å². The Morgan fingerprint density at radius 2 is 1.97 bits per heavy atom. The lowest BCUT2D eigenvalue weighted by molar-refractivity contribution is 0.139. The molecule has 0 bridgehead atoms. The lowest BCUT2D eigenvalue weighted by atomic mass is 9.83. The van der Waals surface area contributed by atoms with Gasteiger partial charge in [-0.1, -0.05) is 17.7 Å². The lowest BCUT2D eigenvalue weighted by Gasteiger charge is -2.39. The summed E-state index contributed by atoms with van der Waals surface area (Å²) in [5.41, 5.74) is 5.84. The van der Waals surface area contributed by atoms with Crippen molar-refractivity contribution in [2.45, 2.75) is 32.0 Å². The normalized spacial score (nSPS) is 24.0. The number of rotatable bonds is 7. The molecule has 3 aliphatic heterocycles. The molecule has 0 amide bonds. The minimum Gasteiger partial charge on any atom is -0.391 e. The van der Waals surface area contributed by atoms with Crippen LogP contribution in [0, 0.1) is 11.7 Å². The first-order valence-corrected chi connectivity index (χ1v) is 14.4. The third-order valence-electron chi connectivity index (χ3n) is 7.75. The van der Waals surface area contributed by atoms with Crippen molar-refractivity contribution >= 4 is 16.3 Å². The maximum absolute atomic E-state index is 13.9. The van der Waals surface area contributed by atoms with Gasteiger partial charge in [-0.15, -0.1) is 0 Å². The Kier molecular flexibility index (Phi) is 6.85. The van der Waals surface area contributed by atoms with E-state index in [2.05, 4.69) is 16.3 Å². The van der Waals surface area contributed by atoms with E-state index in [9.17, 15) is 17.9 Å². The van der Waals surface area contributed by atoms with Crippen LogP contribution in [0.15, 0.2) is 59.6 Å². The Bertz CT molecular complexity index is 1380. The van der Waals surface area contributed by atoms with E-state index in [1.165, 1.54) is 22.0 Å².